The van der Waals surface area contributed by atoms with Gasteiger partial charge in [-0.15, -0.1) is 0 Å². The summed E-state index contributed by atoms with van der Waals surface area (Å²) in [5, 5.41) is 0. The molecule has 0 saturated heterocycles. The molecule has 20 heavy (non-hydrogen) atoms. The molecule has 0 amide bonds. The van der Waals surface area contributed by atoms with Crippen LogP contribution in [0.1, 0.15) is 20.8 Å². The van der Waals surface area contributed by atoms with Crippen molar-refractivity contribution in [1.82, 2.24) is 0 Å². The van der Waals surface area contributed by atoms with Crippen LogP contribution in [-0.4, -0.2) is 33.8 Å². The minimum absolute atomic E-state index is 1.10. The van der Waals surface area contributed by atoms with Crippen LogP contribution in [0, 0.1) is 0 Å². The molecule has 0 aromatic heterocycles. The molecular formula is C13H36O3Si4. The molecule has 0 rings (SSSR count). The Kier molecular flexibility index (Phi) is 7.62. The summed E-state index contributed by atoms with van der Waals surface area (Å²) >= 11 is 0. The second kappa shape index (κ2) is 7.34. The van der Waals surface area contributed by atoms with Crippen LogP contribution >= 0.6 is 0 Å². The lowest BCUT2D eigenvalue weighted by Crippen LogP contribution is -2.59. The molecule has 0 aliphatic rings. The molecule has 0 radical (unpaired) electrons. The van der Waals surface area contributed by atoms with Crippen molar-refractivity contribution in [2.24, 2.45) is 0 Å². The van der Waals surface area contributed by atoms with E-state index in [4.69, 9.17) is 12.3 Å². The molecule has 3 nitrogen and oxygen atoms in total. The Morgan fingerprint density at radius 3 is 0.850 bits per heavy atom. The van der Waals surface area contributed by atoms with Gasteiger partial charge in [-0.05, 0) is 57.4 Å². The Hall–Kier alpha value is 0.748. The van der Waals surface area contributed by atoms with Crippen molar-refractivity contribution in [3.05, 3.63) is 0 Å². The molecule has 122 valence electrons. The van der Waals surface area contributed by atoms with Crippen LogP contribution < -0.4 is 0 Å². The summed E-state index contributed by atoms with van der Waals surface area (Å²) in [7, 11) is -7.58. The Labute approximate surface area is 131 Å². The van der Waals surface area contributed by atoms with Crippen LogP contribution in [0.15, 0.2) is 0 Å². The lowest BCUT2D eigenvalue weighted by atomic mass is 11.0. The van der Waals surface area contributed by atoms with Gasteiger partial charge in [0, 0.05) is 6.55 Å². The molecule has 0 aromatic carbocycles. The molecule has 0 aromatic rings. The third-order valence-electron chi connectivity index (χ3n) is 3.94. The van der Waals surface area contributed by atoms with E-state index >= 15 is 0 Å². The highest BCUT2D eigenvalue weighted by Crippen LogP contribution is 2.28. The first-order valence-electron chi connectivity index (χ1n) is 7.91. The smallest absolute Gasteiger partial charge is 0.417 e. The topological polar surface area (TPSA) is 27.7 Å². The fourth-order valence-corrected chi connectivity index (χ4v) is 17.2. The average Bonchev–Trinajstić information content (AvgIpc) is 2.26. The minimum atomic E-state index is -2.53. The van der Waals surface area contributed by atoms with Crippen molar-refractivity contribution >= 4 is 33.8 Å². The lowest BCUT2D eigenvalue weighted by molar-refractivity contribution is 0.258. The number of hydrogen-bond donors (Lipinski definition) is 0. The van der Waals surface area contributed by atoms with E-state index < -0.39 is 33.8 Å². The Morgan fingerprint density at radius 2 is 0.700 bits per heavy atom. The number of rotatable bonds is 9. The lowest BCUT2D eigenvalue weighted by Gasteiger charge is -2.42. The first-order valence-corrected chi connectivity index (χ1v) is 19.5. The Morgan fingerprint density at radius 1 is 0.500 bits per heavy atom. The zero-order valence-electron chi connectivity index (χ0n) is 15.3. The van der Waals surface area contributed by atoms with E-state index in [0.717, 1.165) is 18.1 Å². The highest BCUT2D eigenvalue weighted by molar-refractivity contribution is 6.90. The van der Waals surface area contributed by atoms with Gasteiger partial charge in [0.15, 0.2) is 25.0 Å². The first-order chi connectivity index (χ1) is 8.80. The van der Waals surface area contributed by atoms with Gasteiger partial charge in [0.25, 0.3) is 0 Å². The van der Waals surface area contributed by atoms with Crippen LogP contribution in [-0.2, 0) is 12.3 Å². The summed E-state index contributed by atoms with van der Waals surface area (Å²) in [5.74, 6) is 0. The predicted molar refractivity (Wildman–Crippen MR) is 98.8 cm³/mol. The Balaban J connectivity index is 5.23. The van der Waals surface area contributed by atoms with Gasteiger partial charge in [-0.1, -0.05) is 20.8 Å². The second-order valence-electron chi connectivity index (χ2n) is 7.51. The zero-order valence-corrected chi connectivity index (χ0v) is 19.3. The molecule has 7 heteroatoms. The maximum atomic E-state index is 6.55. The maximum Gasteiger partial charge on any atom is 0.466 e. The van der Waals surface area contributed by atoms with E-state index in [0.29, 0.717) is 0 Å². The molecular weight excluding hydrogens is 316 g/mol. The van der Waals surface area contributed by atoms with E-state index in [2.05, 4.69) is 66.6 Å². The third kappa shape index (κ3) is 7.67. The van der Waals surface area contributed by atoms with Crippen LogP contribution in [0.25, 0.3) is 0 Å². The van der Waals surface area contributed by atoms with E-state index in [1.54, 1.807) is 0 Å². The fourth-order valence-electron chi connectivity index (χ4n) is 1.78. The fraction of sp³-hybridized carbons (Fsp3) is 1.00. The van der Waals surface area contributed by atoms with Gasteiger partial charge in [-0.25, -0.2) is 0 Å². The quantitative estimate of drug-likeness (QED) is 0.528. The summed E-state index contributed by atoms with van der Waals surface area (Å²) in [6, 6.07) is 3.31. The van der Waals surface area contributed by atoms with E-state index in [1.165, 1.54) is 0 Å². The molecule has 0 aliphatic heterocycles. The van der Waals surface area contributed by atoms with Gasteiger partial charge >= 0.3 is 8.80 Å². The molecule has 0 atom stereocenters. The standard InChI is InChI=1S/C13H36O3Si4/c1-11-17(4,5)14-20(10,15-18(6,7)12-2)16-19(8,9)13-3/h11-13H2,1-10H3. The van der Waals surface area contributed by atoms with Crippen molar-refractivity contribution < 1.29 is 12.3 Å². The average molecular weight is 353 g/mol. The first kappa shape index (κ1) is 20.7. The van der Waals surface area contributed by atoms with E-state index in [-0.39, 0.29) is 0 Å². The summed E-state index contributed by atoms with van der Waals surface area (Å²) in [6.07, 6.45) is 0. The van der Waals surface area contributed by atoms with Crippen molar-refractivity contribution in [3.63, 3.8) is 0 Å². The molecule has 0 fully saturated rings. The van der Waals surface area contributed by atoms with Gasteiger partial charge in [-0.3, -0.25) is 0 Å². The largest absolute Gasteiger partial charge is 0.466 e. The highest BCUT2D eigenvalue weighted by Gasteiger charge is 2.47. The second-order valence-corrected chi connectivity index (χ2v) is 24.4. The molecule has 0 N–H and O–H groups in total. The van der Waals surface area contributed by atoms with Crippen LogP contribution in [0.3, 0.4) is 0 Å². The van der Waals surface area contributed by atoms with E-state index in [1.807, 2.05) is 0 Å². The van der Waals surface area contributed by atoms with Crippen molar-refractivity contribution in [3.8, 4) is 0 Å². The molecule has 0 spiro atoms. The predicted octanol–water partition coefficient (Wildman–Crippen LogP) is 5.28. The molecule has 0 heterocycles. The number of hydrogen-bond acceptors (Lipinski definition) is 3. The van der Waals surface area contributed by atoms with Gasteiger partial charge < -0.3 is 12.3 Å². The van der Waals surface area contributed by atoms with Crippen molar-refractivity contribution in [1.29, 1.82) is 0 Å². The molecule has 0 bridgehead atoms. The van der Waals surface area contributed by atoms with Gasteiger partial charge in [0.1, 0.15) is 0 Å². The highest BCUT2D eigenvalue weighted by atomic mass is 28.5. The zero-order chi connectivity index (χ0) is 16.2. The summed E-state index contributed by atoms with van der Waals surface area (Å²) < 4.78 is 19.7. The van der Waals surface area contributed by atoms with Crippen LogP contribution in [0.5, 0.6) is 0 Å². The van der Waals surface area contributed by atoms with Crippen molar-refractivity contribution in [2.45, 2.75) is 84.7 Å². The summed E-state index contributed by atoms with van der Waals surface area (Å²) in [4.78, 5) is 0. The van der Waals surface area contributed by atoms with Gasteiger partial charge in [-0.2, -0.15) is 0 Å². The van der Waals surface area contributed by atoms with Gasteiger partial charge in [0.2, 0.25) is 0 Å². The Bertz CT molecular complexity index is 260. The van der Waals surface area contributed by atoms with Crippen molar-refractivity contribution in [2.75, 3.05) is 0 Å². The van der Waals surface area contributed by atoms with Gasteiger partial charge in [0.05, 0.1) is 0 Å². The maximum absolute atomic E-state index is 6.55. The third-order valence-corrected chi connectivity index (χ3v) is 20.1. The monoisotopic (exact) mass is 352 g/mol. The van der Waals surface area contributed by atoms with E-state index in [9.17, 15) is 0 Å². The molecule has 0 saturated carbocycles. The summed E-state index contributed by atoms with van der Waals surface area (Å²) in [5.41, 5.74) is 0. The minimum Gasteiger partial charge on any atom is -0.417 e. The summed E-state index contributed by atoms with van der Waals surface area (Å²) in [6.45, 7) is 22.4. The normalized spacial score (nSPS) is 14.7. The molecule has 0 unspecified atom stereocenters. The molecule has 0 aliphatic carbocycles. The SMILES string of the molecule is CC[Si](C)(C)O[Si](C)(O[Si](C)(C)CC)O[Si](C)(C)CC. The van der Waals surface area contributed by atoms with Crippen LogP contribution in [0.2, 0.25) is 64.0 Å². The van der Waals surface area contributed by atoms with Crippen LogP contribution in [0.4, 0.5) is 0 Å².